The number of piperazine rings is 1. The first-order chi connectivity index (χ1) is 10.4. The van der Waals surface area contributed by atoms with E-state index in [9.17, 15) is 9.59 Å². The van der Waals surface area contributed by atoms with E-state index in [0.717, 1.165) is 5.56 Å². The van der Waals surface area contributed by atoms with Crippen LogP contribution >= 0.6 is 12.4 Å². The predicted molar refractivity (Wildman–Crippen MR) is 90.3 cm³/mol. The highest BCUT2D eigenvalue weighted by atomic mass is 35.5. The number of likely N-dealkylation sites (N-methyl/N-ethyl adjacent to an activating group) is 1. The smallest absolute Gasteiger partial charge is 0.244 e. The van der Waals surface area contributed by atoms with Gasteiger partial charge in [0, 0.05) is 50.9 Å². The number of rotatable bonds is 4. The van der Waals surface area contributed by atoms with E-state index in [1.165, 1.54) is 0 Å². The summed E-state index contributed by atoms with van der Waals surface area (Å²) in [5.41, 5.74) is 0.857. The van der Waals surface area contributed by atoms with Crippen LogP contribution in [-0.2, 0) is 16.6 Å². The van der Waals surface area contributed by atoms with Gasteiger partial charge in [-0.05, 0) is 7.05 Å². The van der Waals surface area contributed by atoms with Gasteiger partial charge in [-0.15, -0.1) is 12.4 Å². The molecule has 2 rings (SSSR count). The lowest BCUT2D eigenvalue weighted by Gasteiger charge is -2.37. The van der Waals surface area contributed by atoms with E-state index in [2.05, 4.69) is 10.4 Å². The van der Waals surface area contributed by atoms with Crippen LogP contribution in [0.4, 0.5) is 0 Å². The number of aromatic nitrogens is 2. The van der Waals surface area contributed by atoms with Crippen molar-refractivity contribution in [3.8, 4) is 0 Å². The predicted octanol–water partition coefficient (Wildman–Crippen LogP) is 0.429. The van der Waals surface area contributed by atoms with E-state index in [1.54, 1.807) is 17.9 Å². The second-order valence-electron chi connectivity index (χ2n) is 5.97. The zero-order chi connectivity index (χ0) is 16.3. The Morgan fingerprint density at radius 1 is 1.13 bits per heavy atom. The summed E-state index contributed by atoms with van der Waals surface area (Å²) < 4.78 is 1.69. The number of hydrogen-bond donors (Lipinski definition) is 1. The van der Waals surface area contributed by atoms with Crippen molar-refractivity contribution >= 4 is 24.2 Å². The number of hydrogen-bond acceptors (Lipinski definition) is 4. The van der Waals surface area contributed by atoms with Gasteiger partial charge in [0.05, 0.1) is 6.20 Å². The molecule has 1 atom stereocenters. The zero-order valence-corrected chi connectivity index (χ0v) is 15.0. The number of amides is 2. The van der Waals surface area contributed by atoms with Crippen molar-refractivity contribution in [1.29, 1.82) is 0 Å². The van der Waals surface area contributed by atoms with Crippen LogP contribution in [0.25, 0.3) is 0 Å². The molecule has 0 bridgehead atoms. The summed E-state index contributed by atoms with van der Waals surface area (Å²) in [4.78, 5) is 28.3. The molecule has 1 unspecified atom stereocenters. The van der Waals surface area contributed by atoms with Crippen molar-refractivity contribution in [1.82, 2.24) is 24.9 Å². The SMILES string of the molecule is CNC(C(=O)N1CCN(C(=O)C(C)C)CC1)c1cnn(C)c1.Cl. The van der Waals surface area contributed by atoms with Crippen LogP contribution in [0.15, 0.2) is 12.4 Å². The third-order valence-electron chi connectivity index (χ3n) is 3.99. The lowest BCUT2D eigenvalue weighted by Crippen LogP contribution is -2.53. The average molecular weight is 344 g/mol. The maximum Gasteiger partial charge on any atom is 0.244 e. The Bertz CT molecular complexity index is 538. The summed E-state index contributed by atoms with van der Waals surface area (Å²) in [6, 6.07) is -0.388. The van der Waals surface area contributed by atoms with Gasteiger partial charge in [0.25, 0.3) is 0 Å². The van der Waals surface area contributed by atoms with Crippen LogP contribution in [0.5, 0.6) is 0 Å². The summed E-state index contributed by atoms with van der Waals surface area (Å²) >= 11 is 0. The number of carbonyl (C=O) groups is 2. The minimum Gasteiger partial charge on any atom is -0.339 e. The molecule has 0 aromatic carbocycles. The Balaban J connectivity index is 0.00000264. The molecule has 7 nitrogen and oxygen atoms in total. The highest BCUT2D eigenvalue weighted by molar-refractivity contribution is 5.85. The molecule has 23 heavy (non-hydrogen) atoms. The van der Waals surface area contributed by atoms with E-state index in [4.69, 9.17) is 0 Å². The van der Waals surface area contributed by atoms with Gasteiger partial charge in [0.1, 0.15) is 6.04 Å². The molecule has 8 heteroatoms. The maximum absolute atomic E-state index is 12.7. The molecule has 1 fully saturated rings. The van der Waals surface area contributed by atoms with Crippen molar-refractivity contribution in [3.63, 3.8) is 0 Å². The fourth-order valence-corrected chi connectivity index (χ4v) is 2.72. The normalized spacial score (nSPS) is 16.2. The van der Waals surface area contributed by atoms with Gasteiger partial charge >= 0.3 is 0 Å². The maximum atomic E-state index is 12.7. The van der Waals surface area contributed by atoms with Gasteiger partial charge in [0.15, 0.2) is 0 Å². The first-order valence-electron chi connectivity index (χ1n) is 7.67. The van der Waals surface area contributed by atoms with Crippen LogP contribution in [-0.4, -0.2) is 64.6 Å². The molecule has 1 N–H and O–H groups in total. The summed E-state index contributed by atoms with van der Waals surface area (Å²) in [5.74, 6) is 0.194. The van der Waals surface area contributed by atoms with Crippen LogP contribution in [0.1, 0.15) is 25.5 Å². The monoisotopic (exact) mass is 343 g/mol. The molecular formula is C15H26ClN5O2. The average Bonchev–Trinajstić information content (AvgIpc) is 2.93. The van der Waals surface area contributed by atoms with Crippen LogP contribution in [0.2, 0.25) is 0 Å². The van der Waals surface area contributed by atoms with Gasteiger partial charge < -0.3 is 15.1 Å². The van der Waals surface area contributed by atoms with Crippen LogP contribution < -0.4 is 5.32 Å². The molecule has 1 saturated heterocycles. The van der Waals surface area contributed by atoms with Crippen molar-refractivity contribution < 1.29 is 9.59 Å². The Hall–Kier alpha value is -1.60. The second-order valence-corrected chi connectivity index (χ2v) is 5.97. The highest BCUT2D eigenvalue weighted by Gasteiger charge is 2.30. The van der Waals surface area contributed by atoms with Gasteiger partial charge in [-0.2, -0.15) is 5.10 Å². The second kappa shape index (κ2) is 8.31. The van der Waals surface area contributed by atoms with Gasteiger partial charge in [0.2, 0.25) is 11.8 Å². The minimum absolute atomic E-state index is 0. The van der Waals surface area contributed by atoms with Crippen molar-refractivity contribution in [2.24, 2.45) is 13.0 Å². The molecule has 1 aromatic rings. The fourth-order valence-electron chi connectivity index (χ4n) is 2.72. The molecule has 2 heterocycles. The van der Waals surface area contributed by atoms with E-state index in [0.29, 0.717) is 26.2 Å². The van der Waals surface area contributed by atoms with Crippen LogP contribution in [0, 0.1) is 5.92 Å². The largest absolute Gasteiger partial charge is 0.339 e. The zero-order valence-electron chi connectivity index (χ0n) is 14.2. The molecular weight excluding hydrogens is 318 g/mol. The lowest BCUT2D eigenvalue weighted by molar-refractivity contribution is -0.142. The third-order valence-corrected chi connectivity index (χ3v) is 3.99. The number of aryl methyl sites for hydroxylation is 1. The minimum atomic E-state index is -0.388. The number of halogens is 1. The Morgan fingerprint density at radius 2 is 1.65 bits per heavy atom. The van der Waals surface area contributed by atoms with E-state index in [1.807, 2.05) is 36.9 Å². The lowest BCUT2D eigenvalue weighted by atomic mass is 10.1. The van der Waals surface area contributed by atoms with Crippen molar-refractivity contribution in [3.05, 3.63) is 18.0 Å². The summed E-state index contributed by atoms with van der Waals surface area (Å²) in [6.07, 6.45) is 3.55. The Kier molecular flexibility index (Phi) is 7.02. The Morgan fingerprint density at radius 3 is 2.04 bits per heavy atom. The van der Waals surface area contributed by atoms with Gasteiger partial charge in [-0.25, -0.2) is 0 Å². The number of nitrogens with zero attached hydrogens (tertiary/aromatic N) is 4. The molecule has 130 valence electrons. The summed E-state index contributed by atoms with van der Waals surface area (Å²) in [6.45, 7) is 6.17. The van der Waals surface area contributed by atoms with Gasteiger partial charge in [-0.3, -0.25) is 14.3 Å². The Labute approximate surface area is 143 Å². The van der Waals surface area contributed by atoms with Crippen molar-refractivity contribution in [2.75, 3.05) is 33.2 Å². The molecule has 0 aliphatic carbocycles. The standard InChI is InChI=1S/C15H25N5O2.ClH/c1-11(2)14(21)19-5-7-20(8-6-19)15(22)13(16-3)12-9-17-18(4)10-12;/h9-11,13,16H,5-8H2,1-4H3;1H. The summed E-state index contributed by atoms with van der Waals surface area (Å²) in [7, 11) is 3.60. The number of nitrogens with one attached hydrogen (secondary N) is 1. The third kappa shape index (κ3) is 4.45. The van der Waals surface area contributed by atoms with E-state index >= 15 is 0 Å². The van der Waals surface area contributed by atoms with Crippen LogP contribution in [0.3, 0.4) is 0 Å². The quantitative estimate of drug-likeness (QED) is 0.860. The highest BCUT2D eigenvalue weighted by Crippen LogP contribution is 2.16. The first-order valence-corrected chi connectivity index (χ1v) is 7.67. The molecule has 2 amide bonds. The summed E-state index contributed by atoms with van der Waals surface area (Å²) in [5, 5.41) is 7.18. The molecule has 0 radical (unpaired) electrons. The first kappa shape index (κ1) is 19.4. The molecule has 1 aromatic heterocycles. The number of carbonyl (C=O) groups excluding carboxylic acids is 2. The van der Waals surface area contributed by atoms with Gasteiger partial charge in [-0.1, -0.05) is 13.8 Å². The molecule has 1 aliphatic heterocycles. The fraction of sp³-hybridized carbons (Fsp3) is 0.667. The molecule has 0 saturated carbocycles. The van der Waals surface area contributed by atoms with Crippen molar-refractivity contribution in [2.45, 2.75) is 19.9 Å². The molecule has 1 aliphatic rings. The topological polar surface area (TPSA) is 70.5 Å². The molecule has 0 spiro atoms. The van der Waals surface area contributed by atoms with E-state index in [-0.39, 0.29) is 36.2 Å². The van der Waals surface area contributed by atoms with E-state index < -0.39 is 0 Å².